The molecule has 0 bridgehead atoms. The number of carbonyl (C=O) groups is 2. The van der Waals surface area contributed by atoms with Crippen molar-refractivity contribution in [2.24, 2.45) is 0 Å². The van der Waals surface area contributed by atoms with Crippen molar-refractivity contribution in [3.05, 3.63) is 71.6 Å². The number of rotatable bonds is 2. The Hall–Kier alpha value is -3.20. The maximum Gasteiger partial charge on any atom is 0.261 e. The van der Waals surface area contributed by atoms with E-state index in [1.165, 1.54) is 6.07 Å². The lowest BCUT2D eigenvalue weighted by molar-refractivity contribution is -0.122. The van der Waals surface area contributed by atoms with Gasteiger partial charge in [0.1, 0.15) is 5.65 Å². The zero-order chi connectivity index (χ0) is 20.4. The van der Waals surface area contributed by atoms with Crippen LogP contribution >= 0.6 is 24.8 Å². The number of pyridine rings is 1. The predicted molar refractivity (Wildman–Crippen MR) is 123 cm³/mol. The van der Waals surface area contributed by atoms with Gasteiger partial charge < -0.3 is 9.88 Å². The molecule has 0 spiro atoms. The van der Waals surface area contributed by atoms with Crippen molar-refractivity contribution >= 4 is 64.3 Å². The molecule has 10 heteroatoms. The number of amides is 2. The van der Waals surface area contributed by atoms with Crippen molar-refractivity contribution in [2.75, 3.05) is 6.54 Å². The smallest absolute Gasteiger partial charge is 0.261 e. The number of aromatic nitrogens is 3. The first-order valence-corrected chi connectivity index (χ1v) is 9.67. The number of imide groups is 1. The number of benzene rings is 1. The van der Waals surface area contributed by atoms with E-state index in [2.05, 4.69) is 15.6 Å². The first-order valence-electron chi connectivity index (χ1n) is 9.67. The molecule has 7 nitrogen and oxygen atoms in total. The number of hydrogen-bond acceptors (Lipinski definition) is 4. The molecule has 32 heavy (non-hydrogen) atoms. The second kappa shape index (κ2) is 8.05. The lowest BCUT2D eigenvalue weighted by Gasteiger charge is -2.10. The van der Waals surface area contributed by atoms with Crippen molar-refractivity contribution in [1.29, 1.82) is 0 Å². The first-order chi connectivity index (χ1) is 14.6. The molecule has 6 rings (SSSR count). The maximum atomic E-state index is 14.8. The molecule has 0 fully saturated rings. The van der Waals surface area contributed by atoms with Crippen LogP contribution in [-0.2, 0) is 22.7 Å². The van der Waals surface area contributed by atoms with Crippen molar-refractivity contribution in [3.63, 3.8) is 0 Å². The molecular weight excluding hydrogens is 456 g/mol. The summed E-state index contributed by atoms with van der Waals surface area (Å²) in [7, 11) is 0. The molecule has 0 aliphatic carbocycles. The molecular formula is C22H18Cl2FN5O2. The number of halogens is 3. The Labute approximate surface area is 194 Å². The van der Waals surface area contributed by atoms with Gasteiger partial charge >= 0.3 is 0 Å². The van der Waals surface area contributed by atoms with E-state index in [1.54, 1.807) is 27.4 Å². The predicted octanol–water partition coefficient (Wildman–Crippen LogP) is 2.94. The lowest BCUT2D eigenvalue weighted by atomic mass is 9.95. The van der Waals surface area contributed by atoms with E-state index in [9.17, 15) is 14.0 Å². The van der Waals surface area contributed by atoms with Crippen LogP contribution in [0.3, 0.4) is 0 Å². The summed E-state index contributed by atoms with van der Waals surface area (Å²) in [4.78, 5) is 30.0. The summed E-state index contributed by atoms with van der Waals surface area (Å²) in [5.41, 5.74) is 3.93. The van der Waals surface area contributed by atoms with Gasteiger partial charge in [-0.2, -0.15) is 4.39 Å². The third-order valence-corrected chi connectivity index (χ3v) is 5.79. The molecule has 3 aromatic heterocycles. The Kier molecular flexibility index (Phi) is 5.54. The number of fused-ring (bicyclic) bond motifs is 1. The van der Waals surface area contributed by atoms with Crippen LogP contribution in [0.1, 0.15) is 16.8 Å². The summed E-state index contributed by atoms with van der Waals surface area (Å²) < 4.78 is 18.1. The van der Waals surface area contributed by atoms with E-state index in [-0.39, 0.29) is 41.9 Å². The summed E-state index contributed by atoms with van der Waals surface area (Å²) in [6.45, 7) is 1.76. The molecule has 0 saturated heterocycles. The van der Waals surface area contributed by atoms with Crippen molar-refractivity contribution < 1.29 is 14.0 Å². The summed E-state index contributed by atoms with van der Waals surface area (Å²) in [6.07, 6.45) is 3.37. The van der Waals surface area contributed by atoms with Crippen LogP contribution in [0.5, 0.6) is 0 Å². The van der Waals surface area contributed by atoms with Gasteiger partial charge in [-0.15, -0.1) is 24.8 Å². The molecule has 0 atom stereocenters. The average Bonchev–Trinajstić information content (AvgIpc) is 3.32. The Bertz CT molecular complexity index is 1440. The third-order valence-electron chi connectivity index (χ3n) is 5.79. The summed E-state index contributed by atoms with van der Waals surface area (Å²) in [5, 5.41) is 6.31. The van der Waals surface area contributed by atoms with Gasteiger partial charge in [0.2, 0.25) is 0 Å². The average molecular weight is 474 g/mol. The first kappa shape index (κ1) is 22.0. The van der Waals surface area contributed by atoms with Crippen LogP contribution in [0.2, 0.25) is 0 Å². The van der Waals surface area contributed by atoms with Crippen molar-refractivity contribution in [3.8, 4) is 0 Å². The Morgan fingerprint density at radius 3 is 2.69 bits per heavy atom. The molecule has 2 aliphatic rings. The van der Waals surface area contributed by atoms with Gasteiger partial charge in [0.15, 0.2) is 5.95 Å². The molecule has 5 heterocycles. The van der Waals surface area contributed by atoms with E-state index in [1.807, 2.05) is 24.3 Å². The highest BCUT2D eigenvalue weighted by molar-refractivity contribution is 6.49. The lowest BCUT2D eigenvalue weighted by Crippen LogP contribution is -2.23. The minimum Gasteiger partial charge on any atom is -0.316 e. The summed E-state index contributed by atoms with van der Waals surface area (Å²) in [6, 6.07) is 10.6. The summed E-state index contributed by atoms with van der Waals surface area (Å²) in [5.74, 6) is -1.33. The zero-order valence-corrected chi connectivity index (χ0v) is 18.2. The van der Waals surface area contributed by atoms with Crippen molar-refractivity contribution in [2.45, 2.75) is 13.1 Å². The van der Waals surface area contributed by atoms with Gasteiger partial charge in [0.25, 0.3) is 11.8 Å². The van der Waals surface area contributed by atoms with E-state index in [0.29, 0.717) is 41.9 Å². The molecule has 4 aromatic rings. The molecule has 2 amide bonds. The number of nitrogens with zero attached hydrogens (tertiary/aromatic N) is 3. The highest BCUT2D eigenvalue weighted by Gasteiger charge is 2.35. The molecule has 164 valence electrons. The second-order valence-corrected chi connectivity index (χ2v) is 7.44. The van der Waals surface area contributed by atoms with Crippen LogP contribution in [0, 0.1) is 5.95 Å². The van der Waals surface area contributed by atoms with Crippen LogP contribution in [0.15, 0.2) is 48.8 Å². The largest absolute Gasteiger partial charge is 0.316 e. The van der Waals surface area contributed by atoms with Gasteiger partial charge in [0, 0.05) is 37.3 Å². The Morgan fingerprint density at radius 2 is 1.84 bits per heavy atom. The molecule has 2 aliphatic heterocycles. The minimum atomic E-state index is -0.490. The van der Waals surface area contributed by atoms with Crippen molar-refractivity contribution in [1.82, 2.24) is 24.6 Å². The van der Waals surface area contributed by atoms with Gasteiger partial charge in [-0.3, -0.25) is 19.3 Å². The Balaban J connectivity index is 0.00000122. The van der Waals surface area contributed by atoms with Gasteiger partial charge in [-0.05, 0) is 23.3 Å². The second-order valence-electron chi connectivity index (χ2n) is 7.44. The standard InChI is InChI=1S/C22H16FN5O2.2ClH/c23-16-9-14-13(5-4-12-10-24-6-8-28(16)20(12)14)18-19(22(30)26-21(18)29)15-11-25-17-3-1-2-7-27(15)17;;/h1-5,7,9,11,24H,6,8,10H2,(H,26,29,30);2*1H. The van der Waals surface area contributed by atoms with Crippen LogP contribution in [-0.4, -0.2) is 32.3 Å². The molecule has 0 unspecified atom stereocenters. The fraction of sp³-hybridized carbons (Fsp3) is 0.136. The minimum absolute atomic E-state index is 0. The monoisotopic (exact) mass is 473 g/mol. The van der Waals surface area contributed by atoms with E-state index < -0.39 is 11.8 Å². The summed E-state index contributed by atoms with van der Waals surface area (Å²) >= 11 is 0. The number of imidazole rings is 1. The van der Waals surface area contributed by atoms with E-state index >= 15 is 0 Å². The molecule has 1 aromatic carbocycles. The van der Waals surface area contributed by atoms with Gasteiger partial charge in [-0.1, -0.05) is 18.2 Å². The van der Waals surface area contributed by atoms with Gasteiger partial charge in [0.05, 0.1) is 28.6 Å². The quantitative estimate of drug-likeness (QED) is 0.438. The third kappa shape index (κ3) is 3.02. The fourth-order valence-corrected chi connectivity index (χ4v) is 4.49. The Morgan fingerprint density at radius 1 is 1.03 bits per heavy atom. The number of carbonyl (C=O) groups excluding carboxylic acids is 2. The highest BCUT2D eigenvalue weighted by atomic mass is 35.5. The SMILES string of the molecule is Cl.Cl.O=C1NC(=O)C(c2cnc3ccccn23)=C1c1ccc2c3c1cc(F)n3CCNC2. The fourth-order valence-electron chi connectivity index (χ4n) is 4.49. The van der Waals surface area contributed by atoms with Gasteiger partial charge in [-0.25, -0.2) is 4.98 Å². The zero-order valence-electron chi connectivity index (χ0n) is 16.6. The topological polar surface area (TPSA) is 80.4 Å². The van der Waals surface area contributed by atoms with Crippen LogP contribution in [0.25, 0.3) is 27.7 Å². The van der Waals surface area contributed by atoms with E-state index in [0.717, 1.165) is 11.1 Å². The van der Waals surface area contributed by atoms with E-state index in [4.69, 9.17) is 0 Å². The maximum absolute atomic E-state index is 14.8. The number of nitrogens with one attached hydrogen (secondary N) is 2. The van der Waals surface area contributed by atoms with Crippen LogP contribution in [0.4, 0.5) is 4.39 Å². The van der Waals surface area contributed by atoms with Crippen LogP contribution < -0.4 is 10.6 Å². The molecule has 0 radical (unpaired) electrons. The number of hydrogen-bond donors (Lipinski definition) is 2. The molecule has 0 saturated carbocycles. The molecule has 2 N–H and O–H groups in total. The highest BCUT2D eigenvalue weighted by Crippen LogP contribution is 2.37. The normalized spacial score (nSPS) is 15.5.